The topological polar surface area (TPSA) is 142 Å². The molecule has 0 spiro atoms. The van der Waals surface area contributed by atoms with Crippen LogP contribution in [-0.4, -0.2) is 56.6 Å². The molecule has 1 saturated heterocycles. The highest BCUT2D eigenvalue weighted by Crippen LogP contribution is 2.39. The van der Waals surface area contributed by atoms with E-state index in [1.54, 1.807) is 17.7 Å². The van der Waals surface area contributed by atoms with Crippen molar-refractivity contribution in [2.24, 2.45) is 5.73 Å². The molecule has 1 aliphatic heterocycles. The molecule has 3 rings (SSSR count). The van der Waals surface area contributed by atoms with Gasteiger partial charge in [-0.05, 0) is 30.5 Å². The number of ether oxygens (including phenoxy) is 1. The van der Waals surface area contributed by atoms with Crippen molar-refractivity contribution in [1.82, 2.24) is 9.62 Å². The van der Waals surface area contributed by atoms with Crippen molar-refractivity contribution in [3.63, 3.8) is 0 Å². The third kappa shape index (κ3) is 3.97. The molecule has 12 heteroatoms. The Balaban J connectivity index is 1.92. The Bertz CT molecular complexity index is 1090. The van der Waals surface area contributed by atoms with Crippen LogP contribution in [-0.2, 0) is 15.0 Å². The van der Waals surface area contributed by atoms with E-state index in [-0.39, 0.29) is 24.3 Å². The van der Waals surface area contributed by atoms with Gasteiger partial charge in [0.25, 0.3) is 5.91 Å². The Morgan fingerprint density at radius 1 is 1.41 bits per heavy atom. The number of phenolic OH excluding ortho intramolecular Hbond substituents is 1. The summed E-state index contributed by atoms with van der Waals surface area (Å²) in [6.45, 7) is 1.86. The van der Waals surface area contributed by atoms with Gasteiger partial charge in [-0.15, -0.1) is 0 Å². The van der Waals surface area contributed by atoms with Crippen molar-refractivity contribution in [3.8, 4) is 11.5 Å². The number of amides is 3. The van der Waals surface area contributed by atoms with Crippen molar-refractivity contribution in [2.75, 3.05) is 30.5 Å². The van der Waals surface area contributed by atoms with E-state index in [0.29, 0.717) is 16.2 Å². The minimum absolute atomic E-state index is 0.00732. The van der Waals surface area contributed by atoms with Crippen LogP contribution in [0.1, 0.15) is 6.92 Å². The van der Waals surface area contributed by atoms with Crippen LogP contribution >= 0.6 is 0 Å². The Labute approximate surface area is 165 Å². The molecule has 0 unspecified atom stereocenters. The number of carbonyl (C=O) groups excluding carboxylic acids is 2. The molecule has 1 fully saturated rings. The fourth-order valence-corrected chi connectivity index (χ4v) is 4.14. The third-order valence-corrected chi connectivity index (χ3v) is 5.77. The molecular formula is C17H19FN4O6S. The van der Waals surface area contributed by atoms with Crippen LogP contribution in [0.4, 0.5) is 14.9 Å². The van der Waals surface area contributed by atoms with Crippen molar-refractivity contribution in [3.05, 3.63) is 30.1 Å². The fraction of sp³-hybridized carbons (Fsp3) is 0.294. The van der Waals surface area contributed by atoms with Gasteiger partial charge in [0.05, 0.1) is 6.54 Å². The molecule has 0 saturated carbocycles. The van der Waals surface area contributed by atoms with Crippen molar-refractivity contribution in [2.45, 2.75) is 6.92 Å². The number of likely N-dealkylation sites (N-methyl/N-ethyl adjacent to an activating group) is 1. The zero-order valence-corrected chi connectivity index (χ0v) is 16.2. The number of nitrogens with one attached hydrogen (secondary N) is 1. The number of anilines is 1. The van der Waals surface area contributed by atoms with Crippen LogP contribution in [0.25, 0.3) is 10.8 Å². The van der Waals surface area contributed by atoms with Crippen molar-refractivity contribution >= 4 is 38.6 Å². The number of rotatable bonds is 6. The molecule has 0 bridgehead atoms. The standard InChI is InChI=1S/C17H19FN4O6S/c1-2-21(17(19)25)5-6-28-11-4-3-10-7-13(23)16(15(18)12(10)8-11)22-9-14(24)20-29(22,26)27/h3-4,7-8,23H,2,5-6,9H2,1H3,(H2,19,25)(H,20,24). The Kier molecular flexibility index (Phi) is 5.38. The van der Waals surface area contributed by atoms with Gasteiger partial charge in [0.2, 0.25) is 0 Å². The number of fused-ring (bicyclic) bond motifs is 1. The van der Waals surface area contributed by atoms with Gasteiger partial charge in [-0.1, -0.05) is 6.07 Å². The average Bonchev–Trinajstić information content (AvgIpc) is 2.91. The van der Waals surface area contributed by atoms with E-state index >= 15 is 4.39 Å². The van der Waals surface area contributed by atoms with Crippen molar-refractivity contribution < 1.29 is 32.2 Å². The predicted molar refractivity (Wildman–Crippen MR) is 102 cm³/mol. The van der Waals surface area contributed by atoms with E-state index in [1.807, 2.05) is 0 Å². The van der Waals surface area contributed by atoms with E-state index < -0.39 is 45.9 Å². The van der Waals surface area contributed by atoms with Gasteiger partial charge in [-0.25, -0.2) is 18.2 Å². The molecule has 29 heavy (non-hydrogen) atoms. The summed E-state index contributed by atoms with van der Waals surface area (Å²) in [5.41, 5.74) is 4.59. The van der Waals surface area contributed by atoms with Crippen LogP contribution < -0.4 is 19.5 Å². The van der Waals surface area contributed by atoms with Gasteiger partial charge >= 0.3 is 16.2 Å². The highest BCUT2D eigenvalue weighted by molar-refractivity contribution is 7.92. The lowest BCUT2D eigenvalue weighted by molar-refractivity contribution is -0.117. The highest BCUT2D eigenvalue weighted by atomic mass is 32.2. The summed E-state index contributed by atoms with van der Waals surface area (Å²) >= 11 is 0. The largest absolute Gasteiger partial charge is 0.506 e. The maximum Gasteiger partial charge on any atom is 0.326 e. The molecule has 1 aliphatic rings. The number of primary amides is 1. The first kappa shape index (κ1) is 20.5. The zero-order valence-electron chi connectivity index (χ0n) is 15.4. The van der Waals surface area contributed by atoms with Gasteiger partial charge < -0.3 is 20.5 Å². The summed E-state index contributed by atoms with van der Waals surface area (Å²) in [6, 6.07) is 4.98. The molecule has 0 aliphatic carbocycles. The molecule has 3 amide bonds. The SMILES string of the molecule is CCN(CCOc1ccc2cc(O)c(N3CC(=O)NS3(=O)=O)c(F)c2c1)C(N)=O. The number of nitrogens with zero attached hydrogens (tertiary/aromatic N) is 2. The number of aromatic hydroxyl groups is 1. The summed E-state index contributed by atoms with van der Waals surface area (Å²) < 4.78 is 46.9. The molecule has 156 valence electrons. The number of phenols is 1. The molecule has 4 N–H and O–H groups in total. The van der Waals surface area contributed by atoms with Crippen LogP contribution in [0, 0.1) is 5.82 Å². The summed E-state index contributed by atoms with van der Waals surface area (Å²) in [4.78, 5) is 24.0. The molecular weight excluding hydrogens is 407 g/mol. The maximum absolute atomic E-state index is 15.1. The highest BCUT2D eigenvalue weighted by Gasteiger charge is 2.37. The molecule has 1 heterocycles. The van der Waals surface area contributed by atoms with Crippen LogP contribution in [0.3, 0.4) is 0 Å². The molecule has 10 nitrogen and oxygen atoms in total. The number of nitrogens with two attached hydrogens (primary N) is 1. The van der Waals surface area contributed by atoms with Gasteiger partial charge in [0, 0.05) is 11.9 Å². The van der Waals surface area contributed by atoms with Gasteiger partial charge in [-0.2, -0.15) is 8.42 Å². The lowest BCUT2D eigenvalue weighted by Gasteiger charge is -2.19. The number of hydrogen-bond acceptors (Lipinski definition) is 6. The average molecular weight is 426 g/mol. The first-order chi connectivity index (χ1) is 13.6. The Morgan fingerprint density at radius 2 is 2.14 bits per heavy atom. The molecule has 2 aromatic carbocycles. The smallest absolute Gasteiger partial charge is 0.326 e. The van der Waals surface area contributed by atoms with Crippen LogP contribution in [0.5, 0.6) is 11.5 Å². The summed E-state index contributed by atoms with van der Waals surface area (Å²) in [7, 11) is -4.29. The Hall–Kier alpha value is -3.28. The van der Waals surface area contributed by atoms with Crippen LogP contribution in [0.2, 0.25) is 0 Å². The second-order valence-electron chi connectivity index (χ2n) is 6.24. The van der Waals surface area contributed by atoms with E-state index in [4.69, 9.17) is 10.5 Å². The molecule has 0 aromatic heterocycles. The van der Waals surface area contributed by atoms with E-state index in [1.165, 1.54) is 23.1 Å². The summed E-state index contributed by atoms with van der Waals surface area (Å²) in [5, 5.41) is 10.5. The van der Waals surface area contributed by atoms with E-state index in [9.17, 15) is 23.1 Å². The second kappa shape index (κ2) is 7.62. The summed E-state index contributed by atoms with van der Waals surface area (Å²) in [6.07, 6.45) is 0. The number of carbonyl (C=O) groups is 2. The second-order valence-corrected chi connectivity index (χ2v) is 7.84. The van der Waals surface area contributed by atoms with Gasteiger partial charge in [0.1, 0.15) is 30.3 Å². The van der Waals surface area contributed by atoms with Crippen molar-refractivity contribution in [1.29, 1.82) is 0 Å². The first-order valence-electron chi connectivity index (χ1n) is 8.59. The minimum Gasteiger partial charge on any atom is -0.506 e. The maximum atomic E-state index is 15.1. The molecule has 2 aromatic rings. The predicted octanol–water partition coefficient (Wildman–Crippen LogP) is 0.645. The normalized spacial score (nSPS) is 15.4. The molecule has 0 atom stereocenters. The lowest BCUT2D eigenvalue weighted by Crippen LogP contribution is -2.38. The number of benzene rings is 2. The lowest BCUT2D eigenvalue weighted by atomic mass is 10.1. The van der Waals surface area contributed by atoms with E-state index in [0.717, 1.165) is 0 Å². The number of halogens is 1. The van der Waals surface area contributed by atoms with E-state index in [2.05, 4.69) is 0 Å². The fourth-order valence-electron chi connectivity index (χ4n) is 2.98. The van der Waals surface area contributed by atoms with Crippen LogP contribution in [0.15, 0.2) is 24.3 Å². The zero-order chi connectivity index (χ0) is 21.3. The monoisotopic (exact) mass is 426 g/mol. The summed E-state index contributed by atoms with van der Waals surface area (Å²) in [5.74, 6) is -2.20. The minimum atomic E-state index is -4.29. The number of urea groups is 1. The van der Waals surface area contributed by atoms with Gasteiger partial charge in [-0.3, -0.25) is 4.79 Å². The quantitative estimate of drug-likeness (QED) is 0.619. The first-order valence-corrected chi connectivity index (χ1v) is 10.0. The number of hydrogen-bond donors (Lipinski definition) is 3. The van der Waals surface area contributed by atoms with Gasteiger partial charge in [0.15, 0.2) is 5.82 Å². The Morgan fingerprint density at radius 3 is 2.72 bits per heavy atom. The molecule has 0 radical (unpaired) electrons. The third-order valence-electron chi connectivity index (χ3n) is 4.40.